The second-order valence-electron chi connectivity index (χ2n) is 5.57. The Hall–Kier alpha value is -2.30. The Balaban J connectivity index is 2.13. The van der Waals surface area contributed by atoms with Gasteiger partial charge in [-0.05, 0) is 58.5 Å². The molecule has 136 valence electrons. The molecular weight excluding hydrogens is 469 g/mol. The number of aromatic carboxylic acids is 1. The molecule has 0 aliphatic carbocycles. The van der Waals surface area contributed by atoms with Crippen LogP contribution in [0.5, 0.6) is 5.75 Å². The van der Waals surface area contributed by atoms with E-state index in [0.717, 1.165) is 12.1 Å². The minimum Gasteiger partial charge on any atom is -0.508 e. The number of benzene rings is 2. The number of phenolic OH excluding ortho intramolecular Hbond substituents is 1. The van der Waals surface area contributed by atoms with Gasteiger partial charge in [0.25, 0.3) is 0 Å². The van der Waals surface area contributed by atoms with Gasteiger partial charge in [-0.15, -0.1) is 0 Å². The molecule has 0 saturated carbocycles. The normalized spacial score (nSPS) is 11.9. The third-order valence-corrected chi connectivity index (χ3v) is 4.96. The van der Waals surface area contributed by atoms with Gasteiger partial charge in [0.2, 0.25) is 0 Å². The number of hydrogen-bond donors (Lipinski definition) is 2. The number of hydrogen-bond acceptors (Lipinski definition) is 2. The Morgan fingerprint density at radius 3 is 2.42 bits per heavy atom. The van der Waals surface area contributed by atoms with E-state index in [2.05, 4.69) is 0 Å². The summed E-state index contributed by atoms with van der Waals surface area (Å²) in [7, 11) is 0. The molecule has 0 aliphatic heterocycles. The smallest absolute Gasteiger partial charge is 0.419 e. The molecule has 0 unspecified atom stereocenters. The quantitative estimate of drug-likeness (QED) is 0.417. The van der Waals surface area contributed by atoms with Crippen molar-refractivity contribution < 1.29 is 32.6 Å². The van der Waals surface area contributed by atoms with E-state index in [4.69, 9.17) is 0 Å². The van der Waals surface area contributed by atoms with Crippen molar-refractivity contribution in [1.29, 1.82) is 0 Å². The molecule has 26 heavy (non-hydrogen) atoms. The van der Waals surface area contributed by atoms with E-state index >= 15 is 0 Å². The Morgan fingerprint density at radius 2 is 1.85 bits per heavy atom. The number of fused-ring (bicyclic) bond motifs is 1. The molecule has 0 bridgehead atoms. The van der Waals surface area contributed by atoms with E-state index in [1.807, 2.05) is 22.6 Å². The summed E-state index contributed by atoms with van der Waals surface area (Å²) < 4.78 is 53.6. The van der Waals surface area contributed by atoms with Crippen LogP contribution in [-0.2, 0) is 12.7 Å². The highest BCUT2D eigenvalue weighted by atomic mass is 127. The van der Waals surface area contributed by atoms with Crippen molar-refractivity contribution >= 4 is 39.5 Å². The molecule has 3 rings (SSSR count). The summed E-state index contributed by atoms with van der Waals surface area (Å²) in [6, 6.07) is 6.75. The third-order valence-electron chi connectivity index (χ3n) is 3.87. The lowest BCUT2D eigenvalue weighted by Crippen LogP contribution is -2.12. The van der Waals surface area contributed by atoms with Gasteiger partial charge >= 0.3 is 12.1 Å². The molecule has 0 fully saturated rings. The van der Waals surface area contributed by atoms with E-state index in [9.17, 15) is 32.6 Å². The summed E-state index contributed by atoms with van der Waals surface area (Å²) in [5.74, 6) is -2.71. The van der Waals surface area contributed by atoms with Crippen molar-refractivity contribution in [3.05, 3.63) is 62.6 Å². The van der Waals surface area contributed by atoms with Crippen LogP contribution in [0.3, 0.4) is 0 Å². The Labute approximate surface area is 157 Å². The number of rotatable bonds is 3. The first kappa shape index (κ1) is 18.5. The van der Waals surface area contributed by atoms with Crippen molar-refractivity contribution in [3.8, 4) is 5.75 Å². The summed E-state index contributed by atoms with van der Waals surface area (Å²) in [5.41, 5.74) is -0.827. The number of nitrogens with zero attached hydrogens (tertiary/aromatic N) is 1. The second kappa shape index (κ2) is 6.45. The van der Waals surface area contributed by atoms with Crippen LogP contribution < -0.4 is 0 Å². The molecule has 4 nitrogen and oxygen atoms in total. The number of aromatic hydroxyl groups is 1. The number of carboxylic acid groups (broad SMARTS) is 1. The molecule has 0 saturated heterocycles. The van der Waals surface area contributed by atoms with Crippen LogP contribution in [0.1, 0.15) is 21.6 Å². The monoisotopic (exact) mass is 479 g/mol. The SMILES string of the molecule is O=C(O)c1c(I)c2cc(O)ccc2n1Cc1ccc(C(F)(F)F)c(F)c1. The average Bonchev–Trinajstić information content (AvgIpc) is 2.78. The van der Waals surface area contributed by atoms with Crippen LogP contribution in [0.2, 0.25) is 0 Å². The Morgan fingerprint density at radius 1 is 1.15 bits per heavy atom. The first-order valence-corrected chi connectivity index (χ1v) is 8.27. The predicted octanol–water partition coefficient (Wildman–Crippen LogP) is 4.86. The lowest BCUT2D eigenvalue weighted by Gasteiger charge is -2.12. The number of carbonyl (C=O) groups is 1. The Bertz CT molecular complexity index is 1030. The van der Waals surface area contributed by atoms with Crippen LogP contribution in [0, 0.1) is 9.39 Å². The van der Waals surface area contributed by atoms with E-state index in [1.165, 1.54) is 22.8 Å². The predicted molar refractivity (Wildman–Crippen MR) is 93.8 cm³/mol. The standard InChI is InChI=1S/C17H10F4INO3/c18-12-5-8(1-3-11(12)17(19,20)21)7-23-13-4-2-9(24)6-10(13)14(22)15(23)16(25)26/h1-6,24H,7H2,(H,25,26). The molecule has 0 spiro atoms. The minimum atomic E-state index is -4.80. The first-order valence-electron chi connectivity index (χ1n) is 7.19. The van der Waals surface area contributed by atoms with Crippen molar-refractivity contribution in [1.82, 2.24) is 4.57 Å². The van der Waals surface area contributed by atoms with Gasteiger partial charge in [-0.2, -0.15) is 13.2 Å². The molecule has 2 aromatic carbocycles. The maximum Gasteiger partial charge on any atom is 0.419 e. The maximum atomic E-state index is 13.8. The highest BCUT2D eigenvalue weighted by Gasteiger charge is 2.34. The van der Waals surface area contributed by atoms with Gasteiger partial charge in [0, 0.05) is 11.9 Å². The van der Waals surface area contributed by atoms with Crippen LogP contribution >= 0.6 is 22.6 Å². The van der Waals surface area contributed by atoms with Gasteiger partial charge in [-0.3, -0.25) is 0 Å². The number of aromatic nitrogens is 1. The molecular formula is C17H10F4INO3. The van der Waals surface area contributed by atoms with Gasteiger partial charge in [0.1, 0.15) is 17.3 Å². The maximum absolute atomic E-state index is 13.8. The lowest BCUT2D eigenvalue weighted by atomic mass is 10.1. The molecule has 2 N–H and O–H groups in total. The van der Waals surface area contributed by atoms with Crippen LogP contribution in [-0.4, -0.2) is 20.7 Å². The number of phenols is 1. The van der Waals surface area contributed by atoms with E-state index in [0.29, 0.717) is 20.5 Å². The summed E-state index contributed by atoms with van der Waals surface area (Å²) in [4.78, 5) is 11.6. The van der Waals surface area contributed by atoms with Gasteiger partial charge in [0.15, 0.2) is 0 Å². The fourth-order valence-corrected chi connectivity index (χ4v) is 3.70. The van der Waals surface area contributed by atoms with Crippen LogP contribution in [0.25, 0.3) is 10.9 Å². The molecule has 0 aliphatic rings. The fraction of sp³-hybridized carbons (Fsp3) is 0.118. The zero-order chi connectivity index (χ0) is 19.2. The van der Waals surface area contributed by atoms with Gasteiger partial charge in [0.05, 0.1) is 14.7 Å². The summed E-state index contributed by atoms with van der Waals surface area (Å²) in [5, 5.41) is 19.6. The highest BCUT2D eigenvalue weighted by molar-refractivity contribution is 14.1. The summed E-state index contributed by atoms with van der Waals surface area (Å²) in [6.45, 7) is -0.138. The fourth-order valence-electron chi connectivity index (χ4n) is 2.74. The number of carboxylic acids is 1. The zero-order valence-corrected chi connectivity index (χ0v) is 15.0. The Kier molecular flexibility index (Phi) is 4.59. The van der Waals surface area contributed by atoms with Gasteiger partial charge in [-0.25, -0.2) is 9.18 Å². The summed E-state index contributed by atoms with van der Waals surface area (Å²) >= 11 is 1.82. The lowest BCUT2D eigenvalue weighted by molar-refractivity contribution is -0.140. The average molecular weight is 479 g/mol. The molecule has 9 heteroatoms. The highest BCUT2D eigenvalue weighted by Crippen LogP contribution is 2.33. The molecule has 3 aromatic rings. The zero-order valence-electron chi connectivity index (χ0n) is 12.8. The van der Waals surface area contributed by atoms with E-state index < -0.39 is 23.5 Å². The van der Waals surface area contributed by atoms with Crippen LogP contribution in [0.4, 0.5) is 17.6 Å². The van der Waals surface area contributed by atoms with Crippen molar-refractivity contribution in [3.63, 3.8) is 0 Å². The topological polar surface area (TPSA) is 62.5 Å². The molecule has 1 aromatic heterocycles. The summed E-state index contributed by atoms with van der Waals surface area (Å²) in [6.07, 6.45) is -4.80. The largest absolute Gasteiger partial charge is 0.508 e. The molecule has 0 amide bonds. The number of halogens is 5. The van der Waals surface area contributed by atoms with E-state index in [1.54, 1.807) is 0 Å². The minimum absolute atomic E-state index is 0.0509. The first-order chi connectivity index (χ1) is 12.1. The van der Waals surface area contributed by atoms with Crippen molar-refractivity contribution in [2.24, 2.45) is 0 Å². The molecule has 1 heterocycles. The van der Waals surface area contributed by atoms with E-state index in [-0.39, 0.29) is 23.6 Å². The van der Waals surface area contributed by atoms with Crippen molar-refractivity contribution in [2.45, 2.75) is 12.7 Å². The van der Waals surface area contributed by atoms with Gasteiger partial charge < -0.3 is 14.8 Å². The van der Waals surface area contributed by atoms with Gasteiger partial charge in [-0.1, -0.05) is 6.07 Å². The molecule has 0 atom stereocenters. The second-order valence-corrected chi connectivity index (χ2v) is 6.65. The van der Waals surface area contributed by atoms with Crippen molar-refractivity contribution in [2.75, 3.05) is 0 Å². The number of alkyl halides is 3. The van der Waals surface area contributed by atoms with Crippen LogP contribution in [0.15, 0.2) is 36.4 Å². The molecule has 0 radical (unpaired) electrons. The third kappa shape index (κ3) is 3.22.